The Balaban J connectivity index is 1.44. The summed E-state index contributed by atoms with van der Waals surface area (Å²) in [5.74, 6) is -0.509. The summed E-state index contributed by atoms with van der Waals surface area (Å²) in [6, 6.07) is 15.5. The molecule has 1 aromatic heterocycles. The van der Waals surface area contributed by atoms with Gasteiger partial charge in [0.25, 0.3) is 11.8 Å². The number of aromatic amines is 1. The minimum Gasteiger partial charge on any atom is -0.351 e. The Morgan fingerprint density at radius 3 is 2.47 bits per heavy atom. The van der Waals surface area contributed by atoms with Crippen molar-refractivity contribution >= 4 is 39.0 Å². The van der Waals surface area contributed by atoms with Gasteiger partial charge in [-0.15, -0.1) is 0 Å². The van der Waals surface area contributed by atoms with Crippen LogP contribution in [-0.4, -0.2) is 68.2 Å². The first kappa shape index (κ1) is 24.0. The van der Waals surface area contributed by atoms with Crippen LogP contribution in [-0.2, 0) is 20.4 Å². The van der Waals surface area contributed by atoms with Gasteiger partial charge in [0.1, 0.15) is 5.69 Å². The van der Waals surface area contributed by atoms with Gasteiger partial charge in [0.15, 0.2) is 9.84 Å². The number of sulfone groups is 1. The van der Waals surface area contributed by atoms with Gasteiger partial charge in [-0.05, 0) is 55.4 Å². The molecule has 0 unspecified atom stereocenters. The highest BCUT2D eigenvalue weighted by Crippen LogP contribution is 2.35. The van der Waals surface area contributed by atoms with Crippen LogP contribution in [0.25, 0.3) is 11.6 Å². The number of fused-ring (bicyclic) bond motifs is 1. The number of hydrogen-bond acceptors (Lipinski definition) is 5. The zero-order valence-corrected chi connectivity index (χ0v) is 21.1. The van der Waals surface area contributed by atoms with Crippen LogP contribution in [0, 0.1) is 6.92 Å². The lowest BCUT2D eigenvalue weighted by atomic mass is 10.1. The zero-order chi connectivity index (χ0) is 25.4. The van der Waals surface area contributed by atoms with Crippen molar-refractivity contribution in [2.75, 3.05) is 38.5 Å². The second-order valence-corrected chi connectivity index (χ2v) is 11.3. The molecule has 2 aliphatic rings. The van der Waals surface area contributed by atoms with E-state index in [9.17, 15) is 18.0 Å². The number of carbonyl (C=O) groups excluding carboxylic acids is 2. The van der Waals surface area contributed by atoms with Gasteiger partial charge in [0.2, 0.25) is 0 Å². The lowest BCUT2D eigenvalue weighted by Crippen LogP contribution is -2.47. The summed E-state index contributed by atoms with van der Waals surface area (Å²) < 4.78 is 26.1. The number of rotatable bonds is 5. The van der Waals surface area contributed by atoms with Gasteiger partial charge < -0.3 is 20.1 Å². The molecule has 2 aliphatic heterocycles. The van der Waals surface area contributed by atoms with E-state index in [4.69, 9.17) is 0 Å². The number of nitrogens with zero attached hydrogens (tertiary/aromatic N) is 2. The van der Waals surface area contributed by atoms with E-state index in [1.54, 1.807) is 48.5 Å². The number of anilines is 1. The Bertz CT molecular complexity index is 1470. The van der Waals surface area contributed by atoms with Crippen LogP contribution in [0.3, 0.4) is 0 Å². The fourth-order valence-corrected chi connectivity index (χ4v) is 5.91. The number of hydrogen-bond donors (Lipinski definition) is 2. The Hall–Kier alpha value is -3.69. The minimum atomic E-state index is -3.61. The van der Waals surface area contributed by atoms with E-state index in [2.05, 4.69) is 15.2 Å². The highest BCUT2D eigenvalue weighted by atomic mass is 32.2. The van der Waals surface area contributed by atoms with Crippen LogP contribution in [0.15, 0.2) is 59.5 Å². The van der Waals surface area contributed by atoms with Gasteiger partial charge in [0, 0.05) is 43.1 Å². The summed E-state index contributed by atoms with van der Waals surface area (Å²) in [5, 5.41) is 2.81. The van der Waals surface area contributed by atoms with E-state index < -0.39 is 9.84 Å². The summed E-state index contributed by atoms with van der Waals surface area (Å²) in [5.41, 5.74) is 4.07. The van der Waals surface area contributed by atoms with Gasteiger partial charge in [-0.25, -0.2) is 8.42 Å². The fourth-order valence-electron chi connectivity index (χ4n) is 4.54. The molecule has 0 spiro atoms. The summed E-state index contributed by atoms with van der Waals surface area (Å²) in [7, 11) is -1.57. The normalized spacial score (nSPS) is 17.3. The molecule has 186 valence electrons. The smallest absolute Gasteiger partial charge is 0.270 e. The highest BCUT2D eigenvalue weighted by Gasteiger charge is 2.28. The van der Waals surface area contributed by atoms with Gasteiger partial charge >= 0.3 is 0 Å². The molecule has 2 amide bonds. The Morgan fingerprint density at radius 1 is 1.03 bits per heavy atom. The molecular weight excluding hydrogens is 476 g/mol. The van der Waals surface area contributed by atoms with Crippen molar-refractivity contribution in [3.8, 4) is 0 Å². The number of aromatic nitrogens is 1. The van der Waals surface area contributed by atoms with E-state index in [1.807, 2.05) is 24.9 Å². The fraction of sp³-hybridized carbons (Fsp3) is 0.259. The van der Waals surface area contributed by atoms with Crippen LogP contribution < -0.4 is 5.32 Å². The molecule has 2 N–H and O–H groups in total. The summed E-state index contributed by atoms with van der Waals surface area (Å²) >= 11 is 0. The van der Waals surface area contributed by atoms with Crippen LogP contribution in [0.1, 0.15) is 32.9 Å². The predicted molar refractivity (Wildman–Crippen MR) is 139 cm³/mol. The standard InChI is InChI=1S/C27H28N4O4S/c1-18-14-25(27(33)31-12-10-30(2)11-13-31)28-24(18)16-22-21-15-20(8-9-23(21)29-26(22)32)36(34,35)17-19-6-4-3-5-7-19/h3-9,14-16,28H,10-13,17H2,1-2H3,(H,29,32). The average molecular weight is 505 g/mol. The van der Waals surface area contributed by atoms with E-state index >= 15 is 0 Å². The van der Waals surface area contributed by atoms with E-state index in [1.165, 1.54) is 6.07 Å². The monoisotopic (exact) mass is 504 g/mol. The number of carbonyl (C=O) groups is 2. The molecule has 0 atom stereocenters. The molecule has 1 fully saturated rings. The van der Waals surface area contributed by atoms with Gasteiger partial charge in [-0.1, -0.05) is 30.3 Å². The van der Waals surface area contributed by atoms with Crippen molar-refractivity contribution in [2.45, 2.75) is 17.6 Å². The SMILES string of the molecule is Cc1cc(C(=O)N2CCN(C)CC2)[nH]c1C=C1C(=O)Nc2ccc(S(=O)(=O)Cc3ccccc3)cc21. The molecule has 3 heterocycles. The molecule has 2 aromatic carbocycles. The first-order chi connectivity index (χ1) is 17.2. The lowest BCUT2D eigenvalue weighted by molar-refractivity contribution is -0.110. The minimum absolute atomic E-state index is 0.0681. The number of aryl methyl sites for hydroxylation is 1. The lowest BCUT2D eigenvalue weighted by Gasteiger charge is -2.32. The second kappa shape index (κ2) is 9.40. The van der Waals surface area contributed by atoms with Gasteiger partial charge in [-0.2, -0.15) is 0 Å². The number of H-pyrrole nitrogens is 1. The first-order valence-corrected chi connectivity index (χ1v) is 13.5. The summed E-state index contributed by atoms with van der Waals surface area (Å²) in [6.07, 6.45) is 1.69. The quantitative estimate of drug-likeness (QED) is 0.520. The average Bonchev–Trinajstić information content (AvgIpc) is 3.38. The third kappa shape index (κ3) is 4.72. The van der Waals surface area contributed by atoms with Crippen molar-refractivity contribution in [3.63, 3.8) is 0 Å². The van der Waals surface area contributed by atoms with E-state index in [0.717, 1.165) is 18.7 Å². The molecule has 0 aliphatic carbocycles. The molecule has 9 heteroatoms. The van der Waals surface area contributed by atoms with Crippen LogP contribution >= 0.6 is 0 Å². The topological polar surface area (TPSA) is 103 Å². The zero-order valence-electron chi connectivity index (χ0n) is 20.2. The largest absolute Gasteiger partial charge is 0.351 e. The number of likely N-dealkylation sites (N-methyl/N-ethyl adjacent to an activating group) is 1. The van der Waals surface area contributed by atoms with Crippen LogP contribution in [0.5, 0.6) is 0 Å². The van der Waals surface area contributed by atoms with Crippen molar-refractivity contribution in [2.24, 2.45) is 0 Å². The highest BCUT2D eigenvalue weighted by molar-refractivity contribution is 7.90. The number of piperazine rings is 1. The molecule has 0 bridgehead atoms. The summed E-state index contributed by atoms with van der Waals surface area (Å²) in [6.45, 7) is 4.86. The number of benzene rings is 2. The summed E-state index contributed by atoms with van der Waals surface area (Å²) in [4.78, 5) is 33.1. The Kier molecular flexibility index (Phi) is 6.27. The van der Waals surface area contributed by atoms with Crippen LogP contribution in [0.4, 0.5) is 5.69 Å². The van der Waals surface area contributed by atoms with E-state index in [0.29, 0.717) is 46.9 Å². The maximum atomic E-state index is 13.1. The molecule has 1 saturated heterocycles. The molecular formula is C27H28N4O4S. The molecule has 0 radical (unpaired) electrons. The molecule has 5 rings (SSSR count). The van der Waals surface area contributed by atoms with Gasteiger partial charge in [-0.3, -0.25) is 9.59 Å². The van der Waals surface area contributed by atoms with Crippen LogP contribution in [0.2, 0.25) is 0 Å². The molecule has 0 saturated carbocycles. The maximum Gasteiger partial charge on any atom is 0.270 e. The molecule has 3 aromatic rings. The third-order valence-electron chi connectivity index (χ3n) is 6.70. The van der Waals surface area contributed by atoms with E-state index in [-0.39, 0.29) is 22.5 Å². The van der Waals surface area contributed by atoms with Crippen molar-refractivity contribution < 1.29 is 18.0 Å². The second-order valence-electron chi connectivity index (χ2n) is 9.34. The van der Waals surface area contributed by atoms with Crippen molar-refractivity contribution in [1.82, 2.24) is 14.8 Å². The molecule has 36 heavy (non-hydrogen) atoms. The maximum absolute atomic E-state index is 13.1. The Labute approximate surface area is 210 Å². The third-order valence-corrected chi connectivity index (χ3v) is 8.38. The molecule has 8 nitrogen and oxygen atoms in total. The van der Waals surface area contributed by atoms with Crippen molar-refractivity contribution in [3.05, 3.63) is 82.7 Å². The first-order valence-electron chi connectivity index (χ1n) is 11.8. The van der Waals surface area contributed by atoms with Gasteiger partial charge in [0.05, 0.1) is 16.2 Å². The predicted octanol–water partition coefficient (Wildman–Crippen LogP) is 3.18. The number of nitrogens with one attached hydrogen (secondary N) is 2. The van der Waals surface area contributed by atoms with Crippen molar-refractivity contribution in [1.29, 1.82) is 0 Å². The Morgan fingerprint density at radius 2 is 1.75 bits per heavy atom. The number of amides is 2.